The van der Waals surface area contributed by atoms with Gasteiger partial charge in [-0.3, -0.25) is 0 Å². The topological polar surface area (TPSA) is 61.1 Å². The number of nitriles is 1. The van der Waals surface area contributed by atoms with E-state index in [4.69, 9.17) is 22.0 Å². The highest BCUT2D eigenvalue weighted by molar-refractivity contribution is 6.31. The molecule has 1 aromatic carbocycles. The van der Waals surface area contributed by atoms with Crippen molar-refractivity contribution in [2.75, 3.05) is 0 Å². The number of carboxylic acid groups (broad SMARTS) is 1. The summed E-state index contributed by atoms with van der Waals surface area (Å²) in [5.41, 5.74) is -0.539. The molecule has 0 aliphatic heterocycles. The smallest absolute Gasteiger partial charge is 0.337 e. The van der Waals surface area contributed by atoms with Crippen LogP contribution in [-0.2, 0) is 0 Å². The minimum Gasteiger partial charge on any atom is -0.478 e. The van der Waals surface area contributed by atoms with Gasteiger partial charge in [0.1, 0.15) is 11.9 Å². The van der Waals surface area contributed by atoms with Crippen LogP contribution in [0, 0.1) is 17.1 Å². The summed E-state index contributed by atoms with van der Waals surface area (Å²) in [6.45, 7) is 0. The number of hydrogen-bond donors (Lipinski definition) is 1. The monoisotopic (exact) mass is 199 g/mol. The molecule has 0 heterocycles. The van der Waals surface area contributed by atoms with Crippen LogP contribution in [0.2, 0.25) is 5.02 Å². The van der Waals surface area contributed by atoms with Crippen LogP contribution < -0.4 is 0 Å². The Morgan fingerprint density at radius 2 is 2.23 bits per heavy atom. The van der Waals surface area contributed by atoms with E-state index < -0.39 is 11.8 Å². The molecule has 0 fully saturated rings. The van der Waals surface area contributed by atoms with Crippen LogP contribution in [0.5, 0.6) is 0 Å². The second kappa shape index (κ2) is 3.42. The number of benzene rings is 1. The lowest BCUT2D eigenvalue weighted by Crippen LogP contribution is -2.01. The van der Waals surface area contributed by atoms with Gasteiger partial charge < -0.3 is 5.11 Å². The van der Waals surface area contributed by atoms with Crippen LogP contribution >= 0.6 is 11.6 Å². The maximum absolute atomic E-state index is 12.8. The largest absolute Gasteiger partial charge is 0.478 e. The van der Waals surface area contributed by atoms with E-state index in [2.05, 4.69) is 0 Å². The van der Waals surface area contributed by atoms with E-state index in [9.17, 15) is 9.18 Å². The summed E-state index contributed by atoms with van der Waals surface area (Å²) in [6, 6.07) is 3.32. The maximum atomic E-state index is 12.8. The van der Waals surface area contributed by atoms with Crippen molar-refractivity contribution in [2.45, 2.75) is 0 Å². The third-order valence-electron chi connectivity index (χ3n) is 1.41. The molecule has 13 heavy (non-hydrogen) atoms. The van der Waals surface area contributed by atoms with Gasteiger partial charge in [-0.25, -0.2) is 9.18 Å². The van der Waals surface area contributed by atoms with Crippen molar-refractivity contribution < 1.29 is 14.3 Å². The van der Waals surface area contributed by atoms with Crippen molar-refractivity contribution in [3.8, 4) is 6.07 Å². The molecule has 0 radical (unpaired) electrons. The number of rotatable bonds is 1. The number of halogens is 2. The van der Waals surface area contributed by atoms with Crippen molar-refractivity contribution in [3.05, 3.63) is 34.1 Å². The van der Waals surface area contributed by atoms with Crippen molar-refractivity contribution in [3.63, 3.8) is 0 Å². The van der Waals surface area contributed by atoms with Crippen LogP contribution in [0.4, 0.5) is 4.39 Å². The molecule has 0 saturated carbocycles. The van der Waals surface area contributed by atoms with Gasteiger partial charge in [-0.2, -0.15) is 5.26 Å². The molecular formula is C8H3ClFNO2. The maximum Gasteiger partial charge on any atom is 0.337 e. The van der Waals surface area contributed by atoms with E-state index in [1.165, 1.54) is 0 Å². The fourth-order valence-corrected chi connectivity index (χ4v) is 0.980. The summed E-state index contributed by atoms with van der Waals surface area (Å²) in [7, 11) is 0. The summed E-state index contributed by atoms with van der Waals surface area (Å²) in [5.74, 6) is -2.20. The molecule has 0 aliphatic rings. The summed E-state index contributed by atoms with van der Waals surface area (Å²) in [4.78, 5) is 10.5. The third-order valence-corrected chi connectivity index (χ3v) is 1.70. The van der Waals surface area contributed by atoms with Crippen molar-refractivity contribution in [1.82, 2.24) is 0 Å². The van der Waals surface area contributed by atoms with Crippen LogP contribution in [-0.4, -0.2) is 11.1 Å². The van der Waals surface area contributed by atoms with Crippen molar-refractivity contribution in [1.29, 1.82) is 5.26 Å². The fraction of sp³-hybridized carbons (Fsp3) is 0. The highest BCUT2D eigenvalue weighted by Gasteiger charge is 2.13. The van der Waals surface area contributed by atoms with E-state index in [1.54, 1.807) is 6.07 Å². The van der Waals surface area contributed by atoms with Crippen LogP contribution in [0.15, 0.2) is 12.1 Å². The Morgan fingerprint density at radius 1 is 1.62 bits per heavy atom. The average Bonchev–Trinajstić information content (AvgIpc) is 2.08. The molecule has 0 spiro atoms. The predicted octanol–water partition coefficient (Wildman–Crippen LogP) is 2.05. The first-order valence-corrected chi connectivity index (χ1v) is 3.56. The lowest BCUT2D eigenvalue weighted by Gasteiger charge is -1.99. The normalized spacial score (nSPS) is 9.31. The van der Waals surface area contributed by atoms with E-state index in [1.807, 2.05) is 0 Å². The van der Waals surface area contributed by atoms with E-state index >= 15 is 0 Å². The minimum absolute atomic E-state index is 0.154. The summed E-state index contributed by atoms with van der Waals surface area (Å²) >= 11 is 5.35. The van der Waals surface area contributed by atoms with Gasteiger partial charge in [0.15, 0.2) is 0 Å². The lowest BCUT2D eigenvalue weighted by atomic mass is 10.1. The minimum atomic E-state index is -1.35. The second-order valence-electron chi connectivity index (χ2n) is 2.23. The first-order valence-electron chi connectivity index (χ1n) is 3.18. The van der Waals surface area contributed by atoms with Gasteiger partial charge in [0.05, 0.1) is 16.1 Å². The molecule has 0 saturated heterocycles. The molecule has 0 amide bonds. The van der Waals surface area contributed by atoms with E-state index in [0.29, 0.717) is 0 Å². The summed E-state index contributed by atoms with van der Waals surface area (Å²) in [6.07, 6.45) is 0. The fourth-order valence-electron chi connectivity index (χ4n) is 0.816. The Hall–Kier alpha value is -1.60. The molecule has 66 valence electrons. The van der Waals surface area contributed by atoms with Gasteiger partial charge in [0.25, 0.3) is 0 Å². The Kier molecular flexibility index (Phi) is 2.49. The van der Waals surface area contributed by atoms with Crippen LogP contribution in [0.1, 0.15) is 15.9 Å². The average molecular weight is 200 g/mol. The Morgan fingerprint density at radius 3 is 2.69 bits per heavy atom. The number of aromatic carboxylic acids is 1. The second-order valence-corrected chi connectivity index (χ2v) is 2.64. The molecule has 0 aliphatic carbocycles. The quantitative estimate of drug-likeness (QED) is 0.753. The van der Waals surface area contributed by atoms with Gasteiger partial charge >= 0.3 is 5.97 Å². The molecule has 3 nitrogen and oxygen atoms in total. The van der Waals surface area contributed by atoms with Crippen LogP contribution in [0.25, 0.3) is 0 Å². The van der Waals surface area contributed by atoms with Crippen molar-refractivity contribution >= 4 is 17.6 Å². The zero-order valence-electron chi connectivity index (χ0n) is 6.21. The standard InChI is InChI=1S/C8H3ClFNO2/c9-6-1-4(3-11)5(8(12)13)2-7(6)10/h1-2H,(H,12,13). The molecule has 0 unspecified atom stereocenters. The Labute approximate surface area is 78.0 Å². The molecule has 0 atom stereocenters. The molecule has 0 bridgehead atoms. The summed E-state index contributed by atoms with van der Waals surface area (Å²) in [5, 5.41) is 16.8. The number of hydrogen-bond acceptors (Lipinski definition) is 2. The van der Waals surface area contributed by atoms with Crippen molar-refractivity contribution in [2.24, 2.45) is 0 Å². The lowest BCUT2D eigenvalue weighted by molar-refractivity contribution is 0.0696. The van der Waals surface area contributed by atoms with Gasteiger partial charge in [-0.1, -0.05) is 11.6 Å². The number of nitrogens with zero attached hydrogens (tertiary/aromatic N) is 1. The molecule has 1 aromatic rings. The first kappa shape index (κ1) is 9.49. The van der Waals surface area contributed by atoms with Gasteiger partial charge in [-0.15, -0.1) is 0 Å². The number of carboxylic acids is 1. The first-order chi connectivity index (χ1) is 6.06. The Bertz CT molecular complexity index is 411. The van der Waals surface area contributed by atoms with E-state index in [-0.39, 0.29) is 16.1 Å². The van der Waals surface area contributed by atoms with Gasteiger partial charge in [0.2, 0.25) is 0 Å². The zero-order valence-corrected chi connectivity index (χ0v) is 6.97. The Balaban J connectivity index is 3.44. The molecule has 1 N–H and O–H groups in total. The predicted molar refractivity (Wildman–Crippen MR) is 43.1 cm³/mol. The molecule has 0 aromatic heterocycles. The van der Waals surface area contributed by atoms with Gasteiger partial charge in [-0.05, 0) is 12.1 Å². The number of carbonyl (C=O) groups is 1. The highest BCUT2D eigenvalue weighted by Crippen LogP contribution is 2.19. The third kappa shape index (κ3) is 1.76. The molecule has 5 heteroatoms. The van der Waals surface area contributed by atoms with E-state index in [0.717, 1.165) is 12.1 Å². The highest BCUT2D eigenvalue weighted by atomic mass is 35.5. The summed E-state index contributed by atoms with van der Waals surface area (Å²) < 4.78 is 12.8. The van der Waals surface area contributed by atoms with Gasteiger partial charge in [0, 0.05) is 0 Å². The zero-order chi connectivity index (χ0) is 10.0. The molecule has 1 rings (SSSR count). The molecular weight excluding hydrogens is 197 g/mol. The van der Waals surface area contributed by atoms with Crippen LogP contribution in [0.3, 0.4) is 0 Å². The SMILES string of the molecule is N#Cc1cc(Cl)c(F)cc1C(=O)O.